The van der Waals surface area contributed by atoms with Crippen LogP contribution in [0.4, 0.5) is 0 Å². The predicted octanol–water partition coefficient (Wildman–Crippen LogP) is 3.36. The molecule has 0 aliphatic rings. The SMILES string of the molecule is Cc1ccc([C@@H](N)[C@@H](O)Cc2ccccc2)c(Br)c1. The molecular weight excluding hydrogens is 302 g/mol. The van der Waals surface area contributed by atoms with Crippen molar-refractivity contribution in [2.24, 2.45) is 5.73 Å². The minimum atomic E-state index is -0.596. The third kappa shape index (κ3) is 3.66. The van der Waals surface area contributed by atoms with E-state index in [1.54, 1.807) is 0 Å². The molecule has 0 aliphatic heterocycles. The van der Waals surface area contributed by atoms with Crippen LogP contribution in [-0.2, 0) is 6.42 Å². The van der Waals surface area contributed by atoms with Gasteiger partial charge < -0.3 is 10.8 Å². The fraction of sp³-hybridized carbons (Fsp3) is 0.250. The molecule has 0 amide bonds. The number of halogens is 1. The molecule has 0 heterocycles. The van der Waals surface area contributed by atoms with Gasteiger partial charge in [-0.1, -0.05) is 58.4 Å². The third-order valence-electron chi connectivity index (χ3n) is 3.22. The standard InChI is InChI=1S/C16H18BrNO/c1-11-7-8-13(14(17)9-11)16(18)15(19)10-12-5-3-2-4-6-12/h2-9,15-16,19H,10,18H2,1H3/t15-,16+/m0/s1. The van der Waals surface area contributed by atoms with Crippen molar-refractivity contribution in [3.63, 3.8) is 0 Å². The van der Waals surface area contributed by atoms with Crippen LogP contribution in [0.3, 0.4) is 0 Å². The van der Waals surface area contributed by atoms with Gasteiger partial charge in [0.25, 0.3) is 0 Å². The summed E-state index contributed by atoms with van der Waals surface area (Å²) in [5.41, 5.74) is 9.35. The van der Waals surface area contributed by atoms with Crippen molar-refractivity contribution in [2.45, 2.75) is 25.5 Å². The Hall–Kier alpha value is -1.16. The number of aryl methyl sites for hydroxylation is 1. The second-order valence-corrected chi connectivity index (χ2v) is 5.66. The fourth-order valence-corrected chi connectivity index (χ4v) is 2.85. The first-order valence-electron chi connectivity index (χ1n) is 6.31. The summed E-state index contributed by atoms with van der Waals surface area (Å²) in [5, 5.41) is 10.3. The van der Waals surface area contributed by atoms with Crippen molar-refractivity contribution in [2.75, 3.05) is 0 Å². The van der Waals surface area contributed by atoms with Gasteiger partial charge in [0, 0.05) is 10.9 Å². The van der Waals surface area contributed by atoms with Gasteiger partial charge in [-0.15, -0.1) is 0 Å². The molecule has 2 aromatic rings. The highest BCUT2D eigenvalue weighted by Crippen LogP contribution is 2.26. The lowest BCUT2D eigenvalue weighted by atomic mass is 9.96. The van der Waals surface area contributed by atoms with E-state index in [1.165, 1.54) is 5.56 Å². The van der Waals surface area contributed by atoms with Gasteiger partial charge >= 0.3 is 0 Å². The molecule has 3 N–H and O–H groups in total. The Balaban J connectivity index is 2.12. The first-order valence-corrected chi connectivity index (χ1v) is 7.11. The molecule has 0 spiro atoms. The van der Waals surface area contributed by atoms with Gasteiger partial charge in [-0.05, 0) is 29.7 Å². The van der Waals surface area contributed by atoms with Crippen molar-refractivity contribution in [1.29, 1.82) is 0 Å². The van der Waals surface area contributed by atoms with Gasteiger partial charge in [-0.2, -0.15) is 0 Å². The van der Waals surface area contributed by atoms with E-state index in [2.05, 4.69) is 15.9 Å². The Morgan fingerprint density at radius 2 is 1.84 bits per heavy atom. The lowest BCUT2D eigenvalue weighted by Gasteiger charge is -2.20. The third-order valence-corrected chi connectivity index (χ3v) is 3.90. The molecule has 2 nitrogen and oxygen atoms in total. The zero-order chi connectivity index (χ0) is 13.8. The normalized spacial score (nSPS) is 14.1. The molecule has 2 atom stereocenters. The predicted molar refractivity (Wildman–Crippen MR) is 82.0 cm³/mol. The number of benzene rings is 2. The minimum absolute atomic E-state index is 0.393. The van der Waals surface area contributed by atoms with Crippen molar-refractivity contribution in [1.82, 2.24) is 0 Å². The van der Waals surface area contributed by atoms with Crippen molar-refractivity contribution >= 4 is 15.9 Å². The van der Waals surface area contributed by atoms with Crippen molar-refractivity contribution < 1.29 is 5.11 Å². The molecule has 0 fully saturated rings. The molecule has 0 saturated carbocycles. The second-order valence-electron chi connectivity index (χ2n) is 4.81. The molecule has 100 valence electrons. The maximum Gasteiger partial charge on any atom is 0.0773 e. The largest absolute Gasteiger partial charge is 0.391 e. The molecule has 2 aromatic carbocycles. The maximum absolute atomic E-state index is 10.3. The van der Waals surface area contributed by atoms with Crippen molar-refractivity contribution in [3.05, 3.63) is 69.7 Å². The Morgan fingerprint density at radius 3 is 2.47 bits per heavy atom. The number of hydrogen-bond donors (Lipinski definition) is 2. The van der Waals surface area contributed by atoms with Crippen LogP contribution in [0.2, 0.25) is 0 Å². The lowest BCUT2D eigenvalue weighted by Crippen LogP contribution is -2.28. The summed E-state index contributed by atoms with van der Waals surface area (Å²) in [5.74, 6) is 0. The van der Waals surface area contributed by atoms with Crippen LogP contribution < -0.4 is 5.73 Å². The minimum Gasteiger partial charge on any atom is -0.391 e. The number of hydrogen-bond acceptors (Lipinski definition) is 2. The van der Waals surface area contributed by atoms with Gasteiger partial charge in [0.05, 0.1) is 12.1 Å². The van der Waals surface area contributed by atoms with Gasteiger partial charge in [0.15, 0.2) is 0 Å². The van der Waals surface area contributed by atoms with Crippen LogP contribution in [0.5, 0.6) is 0 Å². The van der Waals surface area contributed by atoms with Crippen LogP contribution in [-0.4, -0.2) is 11.2 Å². The summed E-state index contributed by atoms with van der Waals surface area (Å²) < 4.78 is 0.951. The maximum atomic E-state index is 10.3. The molecule has 0 saturated heterocycles. The Labute approximate surface area is 122 Å². The summed E-state index contributed by atoms with van der Waals surface area (Å²) >= 11 is 3.51. The topological polar surface area (TPSA) is 46.2 Å². The molecule has 3 heteroatoms. The van der Waals surface area contributed by atoms with Crippen molar-refractivity contribution in [3.8, 4) is 0 Å². The van der Waals surface area contributed by atoms with Crippen LogP contribution in [0.25, 0.3) is 0 Å². The second kappa shape index (κ2) is 6.33. The summed E-state index contributed by atoms with van der Waals surface area (Å²) in [7, 11) is 0. The van der Waals surface area contributed by atoms with E-state index in [1.807, 2.05) is 55.5 Å². The van der Waals surface area contributed by atoms with E-state index in [0.717, 1.165) is 15.6 Å². The molecular formula is C16H18BrNO. The molecule has 0 bridgehead atoms. The fourth-order valence-electron chi connectivity index (χ4n) is 2.09. The number of rotatable bonds is 4. The van der Waals surface area contributed by atoms with Crippen LogP contribution in [0.1, 0.15) is 22.7 Å². The van der Waals surface area contributed by atoms with E-state index in [-0.39, 0.29) is 0 Å². The summed E-state index contributed by atoms with van der Waals surface area (Å²) in [6, 6.07) is 15.5. The zero-order valence-corrected chi connectivity index (χ0v) is 12.5. The van der Waals surface area contributed by atoms with Gasteiger partial charge in [-0.3, -0.25) is 0 Å². The Morgan fingerprint density at radius 1 is 1.16 bits per heavy atom. The Bertz CT molecular complexity index is 542. The summed E-state index contributed by atoms with van der Waals surface area (Å²) in [6.45, 7) is 2.03. The van der Waals surface area contributed by atoms with Crippen LogP contribution >= 0.6 is 15.9 Å². The highest BCUT2D eigenvalue weighted by atomic mass is 79.9. The van der Waals surface area contributed by atoms with E-state index >= 15 is 0 Å². The smallest absolute Gasteiger partial charge is 0.0773 e. The molecule has 0 radical (unpaired) electrons. The van der Waals surface area contributed by atoms with Gasteiger partial charge in [0.1, 0.15) is 0 Å². The van der Waals surface area contributed by atoms with Crippen LogP contribution in [0, 0.1) is 6.92 Å². The molecule has 0 aliphatic carbocycles. The van der Waals surface area contributed by atoms with Gasteiger partial charge in [-0.25, -0.2) is 0 Å². The summed E-state index contributed by atoms with van der Waals surface area (Å²) in [4.78, 5) is 0. The number of aliphatic hydroxyl groups excluding tert-OH is 1. The average molecular weight is 320 g/mol. The van der Waals surface area contributed by atoms with Gasteiger partial charge in [0.2, 0.25) is 0 Å². The first kappa shape index (κ1) is 14.3. The average Bonchev–Trinajstić information content (AvgIpc) is 2.39. The van der Waals surface area contributed by atoms with E-state index < -0.39 is 12.1 Å². The lowest BCUT2D eigenvalue weighted by molar-refractivity contribution is 0.145. The Kier molecular flexibility index (Phi) is 4.75. The quantitative estimate of drug-likeness (QED) is 0.907. The summed E-state index contributed by atoms with van der Waals surface area (Å²) in [6.07, 6.45) is -0.0381. The highest BCUT2D eigenvalue weighted by Gasteiger charge is 2.19. The number of aliphatic hydroxyl groups is 1. The number of nitrogens with two attached hydrogens (primary N) is 1. The van der Waals surface area contributed by atoms with Crippen LogP contribution in [0.15, 0.2) is 53.0 Å². The van der Waals surface area contributed by atoms with E-state index in [0.29, 0.717) is 6.42 Å². The molecule has 2 rings (SSSR count). The molecule has 0 unspecified atom stereocenters. The highest BCUT2D eigenvalue weighted by molar-refractivity contribution is 9.10. The van der Waals surface area contributed by atoms with E-state index in [9.17, 15) is 5.11 Å². The van der Waals surface area contributed by atoms with E-state index in [4.69, 9.17) is 5.73 Å². The zero-order valence-electron chi connectivity index (χ0n) is 10.9. The molecule has 19 heavy (non-hydrogen) atoms. The monoisotopic (exact) mass is 319 g/mol. The molecule has 0 aromatic heterocycles. The first-order chi connectivity index (χ1) is 9.08.